The SMILES string of the molecule is Cc1ccsc1CNC(=O)c1cccnc1SCC(F)(F)F. The first kappa shape index (κ1) is 16.8. The monoisotopic (exact) mass is 346 g/mol. The van der Waals surface area contributed by atoms with Gasteiger partial charge in [-0.25, -0.2) is 4.98 Å². The smallest absolute Gasteiger partial charge is 0.347 e. The second-order valence-electron chi connectivity index (χ2n) is 4.47. The number of nitrogens with zero attached hydrogens (tertiary/aromatic N) is 1. The van der Waals surface area contributed by atoms with Crippen molar-refractivity contribution in [3.8, 4) is 0 Å². The highest BCUT2D eigenvalue weighted by molar-refractivity contribution is 7.99. The molecule has 2 aromatic rings. The maximum atomic E-state index is 12.3. The Hall–Kier alpha value is -1.54. The van der Waals surface area contributed by atoms with E-state index in [4.69, 9.17) is 0 Å². The lowest BCUT2D eigenvalue weighted by molar-refractivity contribution is -0.105. The number of aromatic nitrogens is 1. The predicted octanol–water partition coefficient (Wildman–Crippen LogP) is 4.04. The van der Waals surface area contributed by atoms with Crippen LogP contribution in [0.1, 0.15) is 20.8 Å². The van der Waals surface area contributed by atoms with Crippen LogP contribution in [0.5, 0.6) is 0 Å². The highest BCUT2D eigenvalue weighted by Gasteiger charge is 2.28. The molecule has 3 nitrogen and oxygen atoms in total. The van der Waals surface area contributed by atoms with Crippen molar-refractivity contribution < 1.29 is 18.0 Å². The molecule has 0 bridgehead atoms. The Morgan fingerprint density at radius 2 is 2.18 bits per heavy atom. The van der Waals surface area contributed by atoms with Gasteiger partial charge < -0.3 is 5.32 Å². The zero-order valence-corrected chi connectivity index (χ0v) is 13.2. The number of halogens is 3. The minimum Gasteiger partial charge on any atom is -0.347 e. The quantitative estimate of drug-likeness (QED) is 0.831. The first-order chi connectivity index (χ1) is 10.4. The highest BCUT2D eigenvalue weighted by atomic mass is 32.2. The second kappa shape index (κ2) is 7.15. The van der Waals surface area contributed by atoms with Crippen LogP contribution in [0, 0.1) is 6.92 Å². The number of carbonyl (C=O) groups excluding carboxylic acids is 1. The molecule has 0 radical (unpaired) electrons. The number of thiophene rings is 1. The van der Waals surface area contributed by atoms with Gasteiger partial charge >= 0.3 is 6.18 Å². The molecule has 0 saturated carbocycles. The van der Waals surface area contributed by atoms with Crippen molar-refractivity contribution in [1.82, 2.24) is 10.3 Å². The van der Waals surface area contributed by atoms with E-state index in [1.165, 1.54) is 29.7 Å². The van der Waals surface area contributed by atoms with Crippen LogP contribution in [-0.2, 0) is 6.54 Å². The van der Waals surface area contributed by atoms with Crippen LogP contribution in [0.4, 0.5) is 13.2 Å². The third-order valence-corrected chi connectivity index (χ3v) is 4.86. The first-order valence-electron chi connectivity index (χ1n) is 6.32. The molecular formula is C14H13F3N2OS2. The largest absolute Gasteiger partial charge is 0.398 e. The van der Waals surface area contributed by atoms with Gasteiger partial charge in [-0.1, -0.05) is 11.8 Å². The van der Waals surface area contributed by atoms with Crippen molar-refractivity contribution in [2.24, 2.45) is 0 Å². The molecule has 0 aliphatic heterocycles. The molecule has 22 heavy (non-hydrogen) atoms. The molecule has 2 rings (SSSR count). The molecule has 0 saturated heterocycles. The number of thioether (sulfide) groups is 1. The van der Waals surface area contributed by atoms with E-state index in [2.05, 4.69) is 10.3 Å². The van der Waals surface area contributed by atoms with Crippen molar-refractivity contribution in [2.45, 2.75) is 24.7 Å². The van der Waals surface area contributed by atoms with Crippen LogP contribution < -0.4 is 5.32 Å². The molecule has 2 heterocycles. The third-order valence-electron chi connectivity index (χ3n) is 2.77. The topological polar surface area (TPSA) is 42.0 Å². The Bertz CT molecular complexity index is 656. The number of pyridine rings is 1. The highest BCUT2D eigenvalue weighted by Crippen LogP contribution is 2.28. The summed E-state index contributed by atoms with van der Waals surface area (Å²) in [5, 5.41) is 4.72. The van der Waals surface area contributed by atoms with E-state index < -0.39 is 17.8 Å². The lowest BCUT2D eigenvalue weighted by atomic mass is 10.2. The van der Waals surface area contributed by atoms with Crippen molar-refractivity contribution >= 4 is 29.0 Å². The number of nitrogens with one attached hydrogen (secondary N) is 1. The molecular weight excluding hydrogens is 333 g/mol. The minimum absolute atomic E-state index is 0.0835. The number of carbonyl (C=O) groups is 1. The van der Waals surface area contributed by atoms with Gasteiger partial charge in [0.2, 0.25) is 0 Å². The molecule has 1 amide bonds. The Balaban J connectivity index is 2.04. The normalized spacial score (nSPS) is 11.5. The minimum atomic E-state index is -4.30. The molecule has 0 aliphatic rings. The maximum Gasteiger partial charge on any atom is 0.398 e. The number of rotatable bonds is 5. The molecule has 1 N–H and O–H groups in total. The molecule has 2 aromatic heterocycles. The van der Waals surface area contributed by atoms with Crippen LogP contribution in [0.2, 0.25) is 0 Å². The van der Waals surface area contributed by atoms with Crippen LogP contribution in [0.3, 0.4) is 0 Å². The standard InChI is InChI=1S/C14H13F3N2OS2/c1-9-4-6-21-11(9)7-19-12(20)10-3-2-5-18-13(10)22-8-14(15,16)17/h2-6H,7-8H2,1H3,(H,19,20). The summed E-state index contributed by atoms with van der Waals surface area (Å²) in [5.74, 6) is -1.50. The Morgan fingerprint density at radius 1 is 1.41 bits per heavy atom. The van der Waals surface area contributed by atoms with Crippen molar-refractivity contribution in [1.29, 1.82) is 0 Å². The average Bonchev–Trinajstić information content (AvgIpc) is 2.87. The summed E-state index contributed by atoms with van der Waals surface area (Å²) in [6, 6.07) is 4.95. The van der Waals surface area contributed by atoms with Gasteiger partial charge in [0.05, 0.1) is 17.9 Å². The molecule has 0 aromatic carbocycles. The summed E-state index contributed by atoms with van der Waals surface area (Å²) in [6.45, 7) is 2.28. The van der Waals surface area contributed by atoms with E-state index in [9.17, 15) is 18.0 Å². The number of aryl methyl sites for hydroxylation is 1. The van der Waals surface area contributed by atoms with Gasteiger partial charge in [0.1, 0.15) is 5.03 Å². The van der Waals surface area contributed by atoms with Gasteiger partial charge in [-0.15, -0.1) is 11.3 Å². The molecule has 8 heteroatoms. The molecule has 118 valence electrons. The van der Waals surface area contributed by atoms with Crippen LogP contribution in [0.15, 0.2) is 34.8 Å². The number of hydrogen-bond donors (Lipinski definition) is 1. The van der Waals surface area contributed by atoms with Crippen molar-refractivity contribution in [3.63, 3.8) is 0 Å². The molecule has 0 unspecified atom stereocenters. The summed E-state index contributed by atoms with van der Waals surface area (Å²) in [6.07, 6.45) is -2.93. The van der Waals surface area contributed by atoms with Crippen LogP contribution >= 0.6 is 23.1 Å². The summed E-state index contributed by atoms with van der Waals surface area (Å²) >= 11 is 2.03. The van der Waals surface area contributed by atoms with Gasteiger partial charge in [-0.2, -0.15) is 13.2 Å². The lowest BCUT2D eigenvalue weighted by Gasteiger charge is -2.10. The average molecular weight is 346 g/mol. The second-order valence-corrected chi connectivity index (χ2v) is 6.43. The third kappa shape index (κ3) is 4.74. The van der Waals surface area contributed by atoms with E-state index in [-0.39, 0.29) is 10.6 Å². The fourth-order valence-electron chi connectivity index (χ4n) is 1.67. The van der Waals surface area contributed by atoms with Gasteiger partial charge in [0.25, 0.3) is 5.91 Å². The van der Waals surface area contributed by atoms with Crippen LogP contribution in [-0.4, -0.2) is 22.8 Å². The maximum absolute atomic E-state index is 12.3. The van der Waals surface area contributed by atoms with Crippen molar-refractivity contribution in [3.05, 3.63) is 45.8 Å². The zero-order valence-electron chi connectivity index (χ0n) is 11.6. The lowest BCUT2D eigenvalue weighted by Crippen LogP contribution is -2.23. The Morgan fingerprint density at radius 3 is 2.82 bits per heavy atom. The Labute approximate surface area is 134 Å². The molecule has 0 aliphatic carbocycles. The molecule has 0 fully saturated rings. The fourth-order valence-corrected chi connectivity index (χ4v) is 3.27. The summed E-state index contributed by atoms with van der Waals surface area (Å²) < 4.78 is 36.9. The van der Waals surface area contributed by atoms with Crippen molar-refractivity contribution in [2.75, 3.05) is 5.75 Å². The molecule has 0 spiro atoms. The number of hydrogen-bond acceptors (Lipinski definition) is 4. The van der Waals surface area contributed by atoms with Gasteiger partial charge in [0.15, 0.2) is 0 Å². The summed E-state index contributed by atoms with van der Waals surface area (Å²) in [5.41, 5.74) is 1.23. The van der Waals surface area contributed by atoms with Gasteiger partial charge in [-0.05, 0) is 36.1 Å². The van der Waals surface area contributed by atoms with E-state index >= 15 is 0 Å². The molecule has 0 atom stereocenters. The number of alkyl halides is 3. The summed E-state index contributed by atoms with van der Waals surface area (Å²) in [4.78, 5) is 17.0. The first-order valence-corrected chi connectivity index (χ1v) is 8.19. The fraction of sp³-hybridized carbons (Fsp3) is 0.286. The van der Waals surface area contributed by atoms with E-state index in [0.717, 1.165) is 10.4 Å². The summed E-state index contributed by atoms with van der Waals surface area (Å²) in [7, 11) is 0. The van der Waals surface area contributed by atoms with E-state index in [1.807, 2.05) is 18.4 Å². The van der Waals surface area contributed by atoms with Gasteiger partial charge in [0, 0.05) is 11.1 Å². The number of amides is 1. The van der Waals surface area contributed by atoms with Crippen LogP contribution in [0.25, 0.3) is 0 Å². The van der Waals surface area contributed by atoms with E-state index in [0.29, 0.717) is 18.3 Å². The predicted molar refractivity (Wildman–Crippen MR) is 81.2 cm³/mol. The zero-order chi connectivity index (χ0) is 16.2. The Kier molecular flexibility index (Phi) is 5.47. The van der Waals surface area contributed by atoms with Gasteiger partial charge in [-0.3, -0.25) is 4.79 Å². The van der Waals surface area contributed by atoms with E-state index in [1.54, 1.807) is 0 Å².